The summed E-state index contributed by atoms with van der Waals surface area (Å²) in [5, 5.41) is 4.16. The zero-order chi connectivity index (χ0) is 18.5. The van der Waals surface area contributed by atoms with Crippen molar-refractivity contribution in [2.24, 2.45) is 0 Å². The second-order valence-corrected chi connectivity index (χ2v) is 5.65. The number of aromatic nitrogens is 2. The average Bonchev–Trinajstić information content (AvgIpc) is 2.87. The van der Waals surface area contributed by atoms with Crippen LogP contribution in [0.3, 0.4) is 0 Å². The molecule has 8 heteroatoms. The van der Waals surface area contributed by atoms with Gasteiger partial charge in [0.25, 0.3) is 0 Å². The predicted octanol–water partition coefficient (Wildman–Crippen LogP) is 2.50. The van der Waals surface area contributed by atoms with Crippen LogP contribution in [0.25, 0.3) is 5.69 Å². The molecule has 0 spiro atoms. The molecule has 0 saturated carbocycles. The van der Waals surface area contributed by atoms with E-state index in [2.05, 4.69) is 5.10 Å². The van der Waals surface area contributed by atoms with E-state index in [0.29, 0.717) is 0 Å². The van der Waals surface area contributed by atoms with Gasteiger partial charge in [0, 0.05) is 11.6 Å². The number of hydrogen-bond donors (Lipinski definition) is 0. The van der Waals surface area contributed by atoms with Gasteiger partial charge in [-0.2, -0.15) is 5.10 Å². The first-order valence-electron chi connectivity index (χ1n) is 7.58. The fraction of sp³-hybridized carbons (Fsp3) is 0.294. The third kappa shape index (κ3) is 2.45. The van der Waals surface area contributed by atoms with Gasteiger partial charge in [-0.1, -0.05) is 0 Å². The monoisotopic (exact) mass is 348 g/mol. The van der Waals surface area contributed by atoms with Gasteiger partial charge in [-0.25, -0.2) is 13.5 Å². The van der Waals surface area contributed by atoms with E-state index in [1.54, 1.807) is 6.92 Å². The zero-order valence-corrected chi connectivity index (χ0v) is 13.7. The first-order valence-corrected chi connectivity index (χ1v) is 7.58. The van der Waals surface area contributed by atoms with Crippen molar-refractivity contribution in [3.63, 3.8) is 0 Å². The van der Waals surface area contributed by atoms with Gasteiger partial charge in [0.05, 0.1) is 29.2 Å². The molecule has 6 nitrogen and oxygen atoms in total. The maximum Gasteiger partial charge on any atom is 0.323 e. The Morgan fingerprint density at radius 2 is 1.92 bits per heavy atom. The lowest BCUT2D eigenvalue weighted by Crippen LogP contribution is -2.33. The van der Waals surface area contributed by atoms with Crippen molar-refractivity contribution in [2.75, 3.05) is 6.61 Å². The van der Waals surface area contributed by atoms with E-state index in [1.807, 2.05) is 0 Å². The minimum absolute atomic E-state index is 0.0185. The highest BCUT2D eigenvalue weighted by Crippen LogP contribution is 2.37. The van der Waals surface area contributed by atoms with Gasteiger partial charge in [-0.15, -0.1) is 0 Å². The summed E-state index contributed by atoms with van der Waals surface area (Å²) in [6.07, 6.45) is 0. The van der Waals surface area contributed by atoms with Crippen LogP contribution in [0.15, 0.2) is 12.1 Å². The molecule has 25 heavy (non-hydrogen) atoms. The number of ketones is 2. The molecule has 1 aromatic carbocycles. The van der Waals surface area contributed by atoms with E-state index in [9.17, 15) is 23.2 Å². The van der Waals surface area contributed by atoms with Crippen LogP contribution in [-0.4, -0.2) is 33.9 Å². The standard InChI is InChI=1S/C17H14F2N2O4/c1-4-25-17(24)14-15-13(8(3)22)7(2)20-21(15)12-6-11(19)10(18)5-9(12)16(14)23/h5-6,14H,4H2,1-3H3. The van der Waals surface area contributed by atoms with E-state index >= 15 is 0 Å². The number of aryl methyl sites for hydroxylation is 1. The molecule has 1 aliphatic rings. The highest BCUT2D eigenvalue weighted by atomic mass is 19.2. The number of carbonyl (C=O) groups is 3. The fourth-order valence-corrected chi connectivity index (χ4v) is 3.06. The molecule has 3 rings (SSSR count). The van der Waals surface area contributed by atoms with Gasteiger partial charge >= 0.3 is 5.97 Å². The molecule has 1 unspecified atom stereocenters. The van der Waals surface area contributed by atoms with E-state index < -0.39 is 35.1 Å². The number of ether oxygens (including phenoxy) is 1. The third-order valence-corrected chi connectivity index (χ3v) is 4.04. The summed E-state index contributed by atoms with van der Waals surface area (Å²) in [6, 6.07) is 1.55. The highest BCUT2D eigenvalue weighted by molar-refractivity contribution is 6.17. The Bertz CT molecular complexity index is 933. The molecule has 1 atom stereocenters. The molecule has 1 aromatic heterocycles. The summed E-state index contributed by atoms with van der Waals surface area (Å²) in [7, 11) is 0. The second-order valence-electron chi connectivity index (χ2n) is 5.65. The molecule has 130 valence electrons. The van der Waals surface area contributed by atoms with Crippen LogP contribution in [0.1, 0.15) is 51.9 Å². The topological polar surface area (TPSA) is 78.3 Å². The maximum absolute atomic E-state index is 13.7. The number of benzene rings is 1. The molecule has 2 heterocycles. The second kappa shape index (κ2) is 5.87. The van der Waals surface area contributed by atoms with E-state index in [-0.39, 0.29) is 34.8 Å². The average molecular weight is 348 g/mol. The van der Waals surface area contributed by atoms with Gasteiger partial charge in [0.2, 0.25) is 0 Å². The number of rotatable bonds is 3. The molecule has 0 N–H and O–H groups in total. The summed E-state index contributed by atoms with van der Waals surface area (Å²) in [5.74, 6) is -5.86. The van der Waals surface area contributed by atoms with Crippen molar-refractivity contribution in [3.8, 4) is 5.69 Å². The normalized spacial score (nSPS) is 15.6. The number of fused-ring (bicyclic) bond motifs is 3. The number of esters is 1. The number of carbonyl (C=O) groups excluding carboxylic acids is 3. The van der Waals surface area contributed by atoms with Crippen LogP contribution in [0.2, 0.25) is 0 Å². The minimum atomic E-state index is -1.46. The Morgan fingerprint density at radius 3 is 2.52 bits per heavy atom. The molecule has 0 radical (unpaired) electrons. The van der Waals surface area contributed by atoms with Gasteiger partial charge in [0.1, 0.15) is 0 Å². The number of Topliss-reactive ketones (excluding diaryl/α,β-unsaturated/α-hetero) is 2. The van der Waals surface area contributed by atoms with Crippen molar-refractivity contribution in [1.29, 1.82) is 0 Å². The lowest BCUT2D eigenvalue weighted by molar-refractivity contribution is -0.143. The smallest absolute Gasteiger partial charge is 0.323 e. The van der Waals surface area contributed by atoms with Crippen LogP contribution < -0.4 is 0 Å². The Labute approximate surface area is 141 Å². The summed E-state index contributed by atoms with van der Waals surface area (Å²) in [4.78, 5) is 37.2. The Morgan fingerprint density at radius 1 is 1.28 bits per heavy atom. The van der Waals surface area contributed by atoms with Crippen LogP contribution >= 0.6 is 0 Å². The summed E-state index contributed by atoms with van der Waals surface area (Å²) < 4.78 is 33.4. The van der Waals surface area contributed by atoms with Crippen molar-refractivity contribution in [1.82, 2.24) is 9.78 Å². The lowest BCUT2D eigenvalue weighted by Gasteiger charge is -2.24. The van der Waals surface area contributed by atoms with Gasteiger partial charge in [-0.3, -0.25) is 14.4 Å². The molecule has 1 aliphatic heterocycles. The minimum Gasteiger partial charge on any atom is -0.465 e. The number of halogens is 2. The fourth-order valence-electron chi connectivity index (χ4n) is 3.06. The van der Waals surface area contributed by atoms with Gasteiger partial charge < -0.3 is 4.74 Å². The van der Waals surface area contributed by atoms with Crippen molar-refractivity contribution >= 4 is 17.5 Å². The summed E-state index contributed by atoms with van der Waals surface area (Å²) in [6.45, 7) is 4.41. The molecule has 0 amide bonds. The number of nitrogens with zero attached hydrogens (tertiary/aromatic N) is 2. The zero-order valence-electron chi connectivity index (χ0n) is 13.7. The molecular formula is C17H14F2N2O4. The van der Waals surface area contributed by atoms with Gasteiger partial charge in [0.15, 0.2) is 29.1 Å². The summed E-state index contributed by atoms with van der Waals surface area (Å²) in [5.41, 5.74) is 0.188. The van der Waals surface area contributed by atoms with E-state index in [1.165, 1.54) is 13.8 Å². The Hall–Kier alpha value is -2.90. The molecule has 0 bridgehead atoms. The first-order chi connectivity index (χ1) is 11.8. The van der Waals surface area contributed by atoms with Crippen LogP contribution in [0, 0.1) is 18.6 Å². The number of hydrogen-bond acceptors (Lipinski definition) is 5. The van der Waals surface area contributed by atoms with Crippen LogP contribution in [0.4, 0.5) is 8.78 Å². The molecule has 0 saturated heterocycles. The van der Waals surface area contributed by atoms with E-state index in [4.69, 9.17) is 4.74 Å². The van der Waals surface area contributed by atoms with Crippen LogP contribution in [-0.2, 0) is 9.53 Å². The maximum atomic E-state index is 13.7. The first kappa shape index (κ1) is 16.9. The van der Waals surface area contributed by atoms with Crippen molar-refractivity contribution in [3.05, 3.63) is 46.3 Å². The quantitative estimate of drug-likeness (QED) is 0.484. The van der Waals surface area contributed by atoms with Crippen molar-refractivity contribution < 1.29 is 27.9 Å². The van der Waals surface area contributed by atoms with E-state index in [0.717, 1.165) is 16.8 Å². The lowest BCUT2D eigenvalue weighted by atomic mass is 9.87. The predicted molar refractivity (Wildman–Crippen MR) is 81.9 cm³/mol. The molecule has 0 fully saturated rings. The van der Waals surface area contributed by atoms with Gasteiger partial charge in [-0.05, 0) is 26.8 Å². The SMILES string of the molecule is CCOC(=O)C1C(=O)c2cc(F)c(F)cc2-n2nc(C)c(C(C)=O)c21. The summed E-state index contributed by atoms with van der Waals surface area (Å²) >= 11 is 0. The largest absolute Gasteiger partial charge is 0.465 e. The molecule has 0 aliphatic carbocycles. The van der Waals surface area contributed by atoms with Crippen molar-refractivity contribution in [2.45, 2.75) is 26.7 Å². The molecular weight excluding hydrogens is 334 g/mol. The van der Waals surface area contributed by atoms with Crippen LogP contribution in [0.5, 0.6) is 0 Å². The third-order valence-electron chi connectivity index (χ3n) is 4.04. The molecule has 2 aromatic rings. The Balaban J connectivity index is 2.37. The Kier molecular flexibility index (Phi) is 3.98. The highest BCUT2D eigenvalue weighted by Gasteiger charge is 2.43.